The van der Waals surface area contributed by atoms with Crippen LogP contribution in [0.15, 0.2) is 24.3 Å². The standard InChI is InChI=1S/C10H9F3O2/c11-10(12,13)8-4-2-1-3-7(8)9(14)5-15-6-9/h1-4,14H,5-6H2. The van der Waals surface area contributed by atoms with Crippen molar-refractivity contribution in [1.29, 1.82) is 0 Å². The molecule has 2 rings (SSSR count). The van der Waals surface area contributed by atoms with E-state index in [0.29, 0.717) is 0 Å². The summed E-state index contributed by atoms with van der Waals surface area (Å²) >= 11 is 0. The molecule has 0 saturated carbocycles. The molecule has 0 radical (unpaired) electrons. The van der Waals surface area contributed by atoms with Gasteiger partial charge in [0.15, 0.2) is 0 Å². The Hall–Kier alpha value is -1.07. The van der Waals surface area contributed by atoms with Crippen molar-refractivity contribution in [2.45, 2.75) is 11.8 Å². The summed E-state index contributed by atoms with van der Waals surface area (Å²) in [4.78, 5) is 0. The van der Waals surface area contributed by atoms with E-state index >= 15 is 0 Å². The predicted octanol–water partition coefficient (Wildman–Crippen LogP) is 1.92. The van der Waals surface area contributed by atoms with Crippen LogP contribution < -0.4 is 0 Å². The largest absolute Gasteiger partial charge is 0.416 e. The molecule has 1 aliphatic rings. The number of rotatable bonds is 1. The molecule has 5 heteroatoms. The van der Waals surface area contributed by atoms with Crippen molar-refractivity contribution in [3.63, 3.8) is 0 Å². The van der Waals surface area contributed by atoms with Gasteiger partial charge in [-0.15, -0.1) is 0 Å². The maximum absolute atomic E-state index is 12.6. The minimum absolute atomic E-state index is 0.0832. The van der Waals surface area contributed by atoms with Gasteiger partial charge >= 0.3 is 6.18 Å². The van der Waals surface area contributed by atoms with Crippen LogP contribution in [0.1, 0.15) is 11.1 Å². The van der Waals surface area contributed by atoms with Crippen molar-refractivity contribution in [3.05, 3.63) is 35.4 Å². The fraction of sp³-hybridized carbons (Fsp3) is 0.400. The van der Waals surface area contributed by atoms with Crippen molar-refractivity contribution in [2.75, 3.05) is 13.2 Å². The van der Waals surface area contributed by atoms with Gasteiger partial charge in [-0.2, -0.15) is 13.2 Å². The Labute approximate surface area is 84.3 Å². The first-order chi connectivity index (χ1) is 6.93. The third kappa shape index (κ3) is 1.72. The summed E-state index contributed by atoms with van der Waals surface area (Å²) in [6.45, 7) is -0.166. The van der Waals surface area contributed by atoms with Gasteiger partial charge in [-0.05, 0) is 6.07 Å². The van der Waals surface area contributed by atoms with Gasteiger partial charge in [0.25, 0.3) is 0 Å². The molecule has 1 aliphatic heterocycles. The summed E-state index contributed by atoms with van der Waals surface area (Å²) in [5.41, 5.74) is -2.38. The molecule has 0 bridgehead atoms. The minimum atomic E-state index is -4.44. The van der Waals surface area contributed by atoms with Gasteiger partial charge in [0.2, 0.25) is 0 Å². The topological polar surface area (TPSA) is 29.5 Å². The van der Waals surface area contributed by atoms with E-state index in [1.807, 2.05) is 0 Å². The molecule has 82 valence electrons. The van der Waals surface area contributed by atoms with Crippen LogP contribution in [-0.4, -0.2) is 18.3 Å². The van der Waals surface area contributed by atoms with Crippen LogP contribution in [0.5, 0.6) is 0 Å². The van der Waals surface area contributed by atoms with Gasteiger partial charge in [0.05, 0.1) is 18.8 Å². The van der Waals surface area contributed by atoms with E-state index in [2.05, 4.69) is 0 Å². The summed E-state index contributed by atoms with van der Waals surface area (Å²) in [6, 6.07) is 5.02. The molecule has 0 amide bonds. The molecule has 1 saturated heterocycles. The van der Waals surface area contributed by atoms with Gasteiger partial charge < -0.3 is 9.84 Å². The van der Waals surface area contributed by atoms with Crippen LogP contribution in [0.25, 0.3) is 0 Å². The number of hydrogen-bond acceptors (Lipinski definition) is 2. The normalized spacial score (nSPS) is 19.7. The zero-order valence-corrected chi connectivity index (χ0v) is 7.71. The fourth-order valence-corrected chi connectivity index (χ4v) is 1.59. The Morgan fingerprint density at radius 3 is 2.27 bits per heavy atom. The molecule has 1 aromatic carbocycles. The van der Waals surface area contributed by atoms with Crippen LogP contribution in [-0.2, 0) is 16.5 Å². The highest BCUT2D eigenvalue weighted by molar-refractivity contribution is 5.35. The van der Waals surface area contributed by atoms with Crippen LogP contribution in [0.3, 0.4) is 0 Å². The summed E-state index contributed by atoms with van der Waals surface area (Å²) in [5, 5.41) is 9.80. The number of aliphatic hydroxyl groups is 1. The number of benzene rings is 1. The van der Waals surface area contributed by atoms with Gasteiger partial charge in [-0.3, -0.25) is 0 Å². The molecule has 0 spiro atoms. The first kappa shape index (κ1) is 10.4. The van der Waals surface area contributed by atoms with E-state index in [9.17, 15) is 18.3 Å². The number of ether oxygens (including phenoxy) is 1. The molecule has 0 unspecified atom stereocenters. The molecule has 0 aromatic heterocycles. The average Bonchev–Trinajstić information content (AvgIpc) is 2.13. The lowest BCUT2D eigenvalue weighted by Gasteiger charge is -2.38. The Balaban J connectivity index is 2.47. The number of hydrogen-bond donors (Lipinski definition) is 1. The smallest absolute Gasteiger partial charge is 0.380 e. The van der Waals surface area contributed by atoms with Crippen molar-refractivity contribution < 1.29 is 23.0 Å². The highest BCUT2D eigenvalue weighted by Crippen LogP contribution is 2.39. The quantitative estimate of drug-likeness (QED) is 0.780. The zero-order valence-electron chi connectivity index (χ0n) is 7.71. The zero-order chi connectivity index (χ0) is 11.1. The molecule has 0 atom stereocenters. The average molecular weight is 218 g/mol. The Bertz CT molecular complexity index is 369. The first-order valence-electron chi connectivity index (χ1n) is 4.40. The van der Waals surface area contributed by atoms with Crippen molar-refractivity contribution >= 4 is 0 Å². The summed E-state index contributed by atoms with van der Waals surface area (Å²) in [5.74, 6) is 0. The second kappa shape index (κ2) is 3.21. The number of halogens is 3. The van der Waals surface area contributed by atoms with Gasteiger partial charge in [0.1, 0.15) is 5.60 Å². The van der Waals surface area contributed by atoms with E-state index in [-0.39, 0.29) is 18.8 Å². The van der Waals surface area contributed by atoms with E-state index in [0.717, 1.165) is 6.07 Å². The third-order valence-corrected chi connectivity index (χ3v) is 2.42. The summed E-state index contributed by atoms with van der Waals surface area (Å²) in [6.07, 6.45) is -4.44. The monoisotopic (exact) mass is 218 g/mol. The summed E-state index contributed by atoms with van der Waals surface area (Å²) < 4.78 is 42.5. The molecule has 0 aliphatic carbocycles. The van der Waals surface area contributed by atoms with Crippen LogP contribution in [0, 0.1) is 0 Å². The van der Waals surface area contributed by atoms with Gasteiger partial charge in [-0.1, -0.05) is 18.2 Å². The lowest BCUT2D eigenvalue weighted by Crippen LogP contribution is -2.47. The van der Waals surface area contributed by atoms with Gasteiger partial charge in [0, 0.05) is 5.56 Å². The molecular weight excluding hydrogens is 209 g/mol. The second-order valence-corrected chi connectivity index (χ2v) is 3.57. The van der Waals surface area contributed by atoms with Crippen molar-refractivity contribution in [2.24, 2.45) is 0 Å². The highest BCUT2D eigenvalue weighted by Gasteiger charge is 2.44. The summed E-state index contributed by atoms with van der Waals surface area (Å²) in [7, 11) is 0. The highest BCUT2D eigenvalue weighted by atomic mass is 19.4. The van der Waals surface area contributed by atoms with E-state index < -0.39 is 17.3 Å². The molecule has 1 aromatic rings. The molecule has 15 heavy (non-hydrogen) atoms. The second-order valence-electron chi connectivity index (χ2n) is 3.57. The van der Waals surface area contributed by atoms with E-state index in [4.69, 9.17) is 4.74 Å². The SMILES string of the molecule is OC1(c2ccccc2C(F)(F)F)COC1. The lowest BCUT2D eigenvalue weighted by molar-refractivity contribution is -0.191. The van der Waals surface area contributed by atoms with Crippen LogP contribution in [0.2, 0.25) is 0 Å². The van der Waals surface area contributed by atoms with Crippen molar-refractivity contribution in [3.8, 4) is 0 Å². The molecular formula is C10H9F3O2. The maximum Gasteiger partial charge on any atom is 0.416 e. The fourth-order valence-electron chi connectivity index (χ4n) is 1.59. The van der Waals surface area contributed by atoms with E-state index in [1.54, 1.807) is 0 Å². The lowest BCUT2D eigenvalue weighted by atomic mass is 9.88. The van der Waals surface area contributed by atoms with E-state index in [1.165, 1.54) is 18.2 Å². The van der Waals surface area contributed by atoms with Crippen molar-refractivity contribution in [1.82, 2.24) is 0 Å². The Morgan fingerprint density at radius 1 is 1.20 bits per heavy atom. The molecule has 2 nitrogen and oxygen atoms in total. The maximum atomic E-state index is 12.6. The predicted molar refractivity (Wildman–Crippen MR) is 46.2 cm³/mol. The molecule has 1 fully saturated rings. The first-order valence-corrected chi connectivity index (χ1v) is 4.40. The Morgan fingerprint density at radius 2 is 1.80 bits per heavy atom. The van der Waals surface area contributed by atoms with Gasteiger partial charge in [-0.25, -0.2) is 0 Å². The molecule has 1 N–H and O–H groups in total. The molecule has 1 heterocycles. The third-order valence-electron chi connectivity index (χ3n) is 2.42. The minimum Gasteiger partial charge on any atom is -0.380 e. The van der Waals surface area contributed by atoms with Crippen LogP contribution in [0.4, 0.5) is 13.2 Å². The number of alkyl halides is 3. The van der Waals surface area contributed by atoms with Crippen LogP contribution >= 0.6 is 0 Å². The Kier molecular flexibility index (Phi) is 2.24.